The first-order valence-electron chi connectivity index (χ1n) is 6.69. The zero-order valence-electron chi connectivity index (χ0n) is 11.2. The Kier molecular flexibility index (Phi) is 3.60. The third-order valence-electron chi connectivity index (χ3n) is 3.59. The molecule has 1 fully saturated rings. The van der Waals surface area contributed by atoms with Gasteiger partial charge in [-0.3, -0.25) is 9.78 Å². The summed E-state index contributed by atoms with van der Waals surface area (Å²) in [6, 6.07) is 4.22. The second-order valence-electron chi connectivity index (χ2n) is 4.93. The molecule has 0 N–H and O–H groups in total. The lowest BCUT2D eigenvalue weighted by Crippen LogP contribution is -2.32. The van der Waals surface area contributed by atoms with Gasteiger partial charge in [0.15, 0.2) is 11.5 Å². The van der Waals surface area contributed by atoms with Crippen molar-refractivity contribution in [3.8, 4) is 0 Å². The topological polar surface area (TPSA) is 46.1 Å². The summed E-state index contributed by atoms with van der Waals surface area (Å²) in [6.07, 6.45) is 5.83. The van der Waals surface area contributed by atoms with Gasteiger partial charge in [-0.05, 0) is 24.5 Å². The van der Waals surface area contributed by atoms with E-state index in [4.69, 9.17) is 0 Å². The summed E-state index contributed by atoms with van der Waals surface area (Å²) in [7, 11) is 0. The van der Waals surface area contributed by atoms with Crippen molar-refractivity contribution < 1.29 is 13.6 Å². The second kappa shape index (κ2) is 5.55. The number of carbonyl (C=O) groups excluding carboxylic acids is 1. The Morgan fingerprint density at radius 3 is 2.90 bits per heavy atom. The maximum absolute atomic E-state index is 13.7. The Morgan fingerprint density at radius 2 is 2.19 bits per heavy atom. The third-order valence-corrected chi connectivity index (χ3v) is 3.59. The minimum Gasteiger partial charge on any atom is -0.330 e. The molecule has 3 rings (SSSR count). The molecule has 0 spiro atoms. The van der Waals surface area contributed by atoms with E-state index in [9.17, 15) is 13.6 Å². The number of rotatable bonds is 2. The van der Waals surface area contributed by atoms with Crippen LogP contribution in [0.1, 0.15) is 34.9 Å². The predicted molar refractivity (Wildman–Crippen MR) is 71.4 cm³/mol. The number of likely N-dealkylation sites (tertiary alicyclic amines) is 1. The summed E-state index contributed by atoms with van der Waals surface area (Å²) in [5.74, 6) is -2.25. The van der Waals surface area contributed by atoms with Gasteiger partial charge in [0.2, 0.25) is 0 Å². The first kappa shape index (κ1) is 13.6. The van der Waals surface area contributed by atoms with Gasteiger partial charge >= 0.3 is 0 Å². The Balaban J connectivity index is 1.90. The lowest BCUT2D eigenvalue weighted by atomic mass is 10.1. The van der Waals surface area contributed by atoms with Crippen LogP contribution < -0.4 is 0 Å². The normalized spacial score (nSPS) is 18.0. The van der Waals surface area contributed by atoms with Crippen molar-refractivity contribution in [3.05, 3.63) is 59.7 Å². The molecule has 0 bridgehead atoms. The molecule has 1 saturated heterocycles. The highest BCUT2D eigenvalue weighted by Gasteiger charge is 2.32. The summed E-state index contributed by atoms with van der Waals surface area (Å²) in [6.45, 7) is 0.525. The van der Waals surface area contributed by atoms with Crippen LogP contribution in [0.2, 0.25) is 0 Å². The van der Waals surface area contributed by atoms with E-state index >= 15 is 0 Å². The SMILES string of the molecule is O=C(c1ncc(F)cc1F)N1CCCC1c1cccnc1. The molecule has 4 nitrogen and oxygen atoms in total. The Morgan fingerprint density at radius 1 is 1.33 bits per heavy atom. The van der Waals surface area contributed by atoms with E-state index < -0.39 is 17.5 Å². The van der Waals surface area contributed by atoms with Gasteiger partial charge in [-0.15, -0.1) is 0 Å². The maximum Gasteiger partial charge on any atom is 0.276 e. The first-order chi connectivity index (χ1) is 10.2. The Labute approximate surface area is 120 Å². The first-order valence-corrected chi connectivity index (χ1v) is 6.69. The van der Waals surface area contributed by atoms with E-state index in [-0.39, 0.29) is 11.7 Å². The third kappa shape index (κ3) is 2.61. The molecule has 1 aliphatic heterocycles. The van der Waals surface area contributed by atoms with E-state index in [1.165, 1.54) is 0 Å². The Bertz CT molecular complexity index is 663. The van der Waals surface area contributed by atoms with Crippen molar-refractivity contribution in [3.63, 3.8) is 0 Å². The highest BCUT2D eigenvalue weighted by Crippen LogP contribution is 2.32. The largest absolute Gasteiger partial charge is 0.330 e. The van der Waals surface area contributed by atoms with E-state index in [0.29, 0.717) is 12.6 Å². The van der Waals surface area contributed by atoms with E-state index in [1.807, 2.05) is 6.07 Å². The van der Waals surface area contributed by atoms with Crippen LogP contribution in [0.5, 0.6) is 0 Å². The van der Waals surface area contributed by atoms with Crippen LogP contribution in [0.15, 0.2) is 36.8 Å². The van der Waals surface area contributed by atoms with Crippen LogP contribution in [0.4, 0.5) is 8.78 Å². The van der Waals surface area contributed by atoms with Gasteiger partial charge in [-0.2, -0.15) is 0 Å². The number of hydrogen-bond acceptors (Lipinski definition) is 3. The lowest BCUT2D eigenvalue weighted by Gasteiger charge is -2.24. The molecule has 1 amide bonds. The molecule has 2 aromatic rings. The van der Waals surface area contributed by atoms with Crippen LogP contribution in [0.3, 0.4) is 0 Å². The van der Waals surface area contributed by atoms with Crippen LogP contribution in [0, 0.1) is 11.6 Å². The molecule has 1 aliphatic rings. The van der Waals surface area contributed by atoms with Gasteiger partial charge in [0.1, 0.15) is 5.82 Å². The molecule has 0 radical (unpaired) electrons. The van der Waals surface area contributed by atoms with Crippen molar-refractivity contribution in [1.29, 1.82) is 0 Å². The van der Waals surface area contributed by atoms with Gasteiger partial charge in [0, 0.05) is 25.0 Å². The van der Waals surface area contributed by atoms with Crippen LogP contribution in [0.25, 0.3) is 0 Å². The van der Waals surface area contributed by atoms with Gasteiger partial charge in [0.25, 0.3) is 5.91 Å². The van der Waals surface area contributed by atoms with Gasteiger partial charge in [-0.25, -0.2) is 13.8 Å². The molecule has 21 heavy (non-hydrogen) atoms. The fourth-order valence-corrected chi connectivity index (χ4v) is 2.64. The zero-order valence-corrected chi connectivity index (χ0v) is 11.2. The summed E-state index contributed by atoms with van der Waals surface area (Å²) >= 11 is 0. The monoisotopic (exact) mass is 289 g/mol. The van der Waals surface area contributed by atoms with Crippen molar-refractivity contribution in [2.24, 2.45) is 0 Å². The van der Waals surface area contributed by atoms with Crippen molar-refractivity contribution in [2.45, 2.75) is 18.9 Å². The highest BCUT2D eigenvalue weighted by atomic mass is 19.1. The van der Waals surface area contributed by atoms with Crippen LogP contribution >= 0.6 is 0 Å². The fraction of sp³-hybridized carbons (Fsp3) is 0.267. The van der Waals surface area contributed by atoms with Gasteiger partial charge in [-0.1, -0.05) is 6.07 Å². The van der Waals surface area contributed by atoms with E-state index in [2.05, 4.69) is 9.97 Å². The average molecular weight is 289 g/mol. The fourth-order valence-electron chi connectivity index (χ4n) is 2.64. The molecule has 108 valence electrons. The van der Waals surface area contributed by atoms with E-state index in [1.54, 1.807) is 23.4 Å². The Hall–Kier alpha value is -2.37. The average Bonchev–Trinajstić information content (AvgIpc) is 2.97. The predicted octanol–water partition coefficient (Wildman–Crippen LogP) is 2.73. The number of halogens is 2. The molecule has 2 aromatic heterocycles. The zero-order chi connectivity index (χ0) is 14.8. The second-order valence-corrected chi connectivity index (χ2v) is 4.93. The highest BCUT2D eigenvalue weighted by molar-refractivity contribution is 5.93. The van der Waals surface area contributed by atoms with Crippen LogP contribution in [-0.2, 0) is 0 Å². The molecular weight excluding hydrogens is 276 g/mol. The molecule has 0 saturated carbocycles. The molecule has 6 heteroatoms. The summed E-state index contributed by atoms with van der Waals surface area (Å²) < 4.78 is 26.6. The number of aromatic nitrogens is 2. The molecule has 1 unspecified atom stereocenters. The van der Waals surface area contributed by atoms with Gasteiger partial charge in [0.05, 0.1) is 12.2 Å². The van der Waals surface area contributed by atoms with Crippen molar-refractivity contribution >= 4 is 5.91 Å². The van der Waals surface area contributed by atoms with Gasteiger partial charge < -0.3 is 4.90 Å². The minimum atomic E-state index is -0.933. The van der Waals surface area contributed by atoms with E-state index in [0.717, 1.165) is 24.6 Å². The number of carbonyl (C=O) groups is 1. The maximum atomic E-state index is 13.7. The number of pyridine rings is 2. The smallest absolute Gasteiger partial charge is 0.276 e. The van der Waals surface area contributed by atoms with Crippen molar-refractivity contribution in [2.75, 3.05) is 6.54 Å². The summed E-state index contributed by atoms with van der Waals surface area (Å²) in [5.41, 5.74) is 0.568. The number of nitrogens with zero attached hydrogens (tertiary/aromatic N) is 3. The molecule has 0 aromatic carbocycles. The molecule has 3 heterocycles. The molecular formula is C15H13F2N3O. The van der Waals surface area contributed by atoms with Crippen molar-refractivity contribution in [1.82, 2.24) is 14.9 Å². The number of hydrogen-bond donors (Lipinski definition) is 0. The standard InChI is InChI=1S/C15H13F2N3O/c16-11-7-12(17)14(19-9-11)15(21)20-6-2-4-13(20)10-3-1-5-18-8-10/h1,3,5,7-9,13H,2,4,6H2. The summed E-state index contributed by atoms with van der Waals surface area (Å²) in [5, 5.41) is 0. The molecule has 1 atom stereocenters. The molecule has 0 aliphatic carbocycles. The minimum absolute atomic E-state index is 0.141. The summed E-state index contributed by atoms with van der Waals surface area (Å²) in [4.78, 5) is 21.7. The number of amides is 1. The van der Waals surface area contributed by atoms with Crippen LogP contribution in [-0.4, -0.2) is 27.3 Å². The lowest BCUT2D eigenvalue weighted by molar-refractivity contribution is 0.0724. The quantitative estimate of drug-likeness (QED) is 0.854.